The summed E-state index contributed by atoms with van der Waals surface area (Å²) >= 11 is 0. The van der Waals surface area contributed by atoms with E-state index in [1.165, 1.54) is 7.11 Å². The number of carbonyl (C=O) groups excluding carboxylic acids is 2. The van der Waals surface area contributed by atoms with Crippen LogP contribution in [0.1, 0.15) is 55.4 Å². The van der Waals surface area contributed by atoms with E-state index in [1.807, 2.05) is 6.92 Å². The minimum atomic E-state index is -2.14. The quantitative estimate of drug-likeness (QED) is 0.510. The molecule has 0 aromatic heterocycles. The summed E-state index contributed by atoms with van der Waals surface area (Å²) in [6.45, 7) is 19.6. The molecule has 1 aliphatic heterocycles. The zero-order valence-corrected chi connectivity index (χ0v) is 20.7. The average Bonchev–Trinajstić information content (AvgIpc) is 2.90. The summed E-state index contributed by atoms with van der Waals surface area (Å²) in [5.41, 5.74) is -0.654. The van der Waals surface area contributed by atoms with Gasteiger partial charge in [-0.1, -0.05) is 20.8 Å². The van der Waals surface area contributed by atoms with Crippen LogP contribution < -0.4 is 5.32 Å². The summed E-state index contributed by atoms with van der Waals surface area (Å²) in [4.78, 5) is 28.8. The van der Waals surface area contributed by atoms with Gasteiger partial charge in [-0.2, -0.15) is 0 Å². The second kappa shape index (κ2) is 9.03. The van der Waals surface area contributed by atoms with E-state index in [0.29, 0.717) is 0 Å². The SMILES string of the molecule is COC(=O)[C@H]1N=C([C@@H](NC(=O)OC(C)(C)C)[C@@H](C)O[Si](C)(C)C(C)(C)C)O[C@H]1C. The smallest absolute Gasteiger partial charge is 0.408 e. The number of rotatable bonds is 6. The number of hydrogen-bond acceptors (Lipinski definition) is 7. The summed E-state index contributed by atoms with van der Waals surface area (Å²) in [5, 5.41) is 2.80. The molecule has 8 nitrogen and oxygen atoms in total. The maximum Gasteiger partial charge on any atom is 0.408 e. The van der Waals surface area contributed by atoms with Crippen molar-refractivity contribution in [3.8, 4) is 0 Å². The summed E-state index contributed by atoms with van der Waals surface area (Å²) in [7, 11) is -0.829. The van der Waals surface area contributed by atoms with Crippen molar-refractivity contribution in [2.24, 2.45) is 4.99 Å². The van der Waals surface area contributed by atoms with Gasteiger partial charge in [0.05, 0.1) is 13.2 Å². The van der Waals surface area contributed by atoms with Crippen molar-refractivity contribution in [1.82, 2.24) is 5.32 Å². The van der Waals surface area contributed by atoms with Gasteiger partial charge < -0.3 is 24.0 Å². The number of ether oxygens (including phenoxy) is 3. The van der Waals surface area contributed by atoms with Crippen molar-refractivity contribution >= 4 is 26.3 Å². The fourth-order valence-corrected chi connectivity index (χ4v) is 3.99. The van der Waals surface area contributed by atoms with Gasteiger partial charge in [0.15, 0.2) is 14.4 Å². The van der Waals surface area contributed by atoms with Gasteiger partial charge in [-0.15, -0.1) is 0 Å². The predicted molar refractivity (Wildman–Crippen MR) is 115 cm³/mol. The molecule has 1 amide bonds. The lowest BCUT2D eigenvalue weighted by Gasteiger charge is -2.40. The molecule has 0 aromatic carbocycles. The van der Waals surface area contributed by atoms with E-state index in [4.69, 9.17) is 18.6 Å². The van der Waals surface area contributed by atoms with Gasteiger partial charge >= 0.3 is 12.1 Å². The predicted octanol–water partition coefficient (Wildman–Crippen LogP) is 3.65. The van der Waals surface area contributed by atoms with Crippen LogP contribution in [0.2, 0.25) is 18.1 Å². The molecule has 0 fully saturated rings. The number of methoxy groups -OCH3 is 1. The van der Waals surface area contributed by atoms with Crippen LogP contribution in [0.4, 0.5) is 4.79 Å². The molecule has 0 aliphatic carbocycles. The molecular formula is C20H38N2O6Si. The Hall–Kier alpha value is -1.61. The summed E-state index contributed by atoms with van der Waals surface area (Å²) < 4.78 is 22.5. The first-order valence-electron chi connectivity index (χ1n) is 9.98. The minimum absolute atomic E-state index is 0.0160. The molecule has 0 radical (unpaired) electrons. The summed E-state index contributed by atoms with van der Waals surface area (Å²) in [5.74, 6) is -0.244. The maximum absolute atomic E-state index is 12.5. The van der Waals surface area contributed by atoms with E-state index in [0.717, 1.165) is 0 Å². The Morgan fingerprint density at radius 2 is 1.72 bits per heavy atom. The molecule has 9 heteroatoms. The van der Waals surface area contributed by atoms with Crippen LogP contribution >= 0.6 is 0 Å². The summed E-state index contributed by atoms with van der Waals surface area (Å²) in [6.07, 6.45) is -1.54. The van der Waals surface area contributed by atoms with Crippen molar-refractivity contribution in [3.63, 3.8) is 0 Å². The third kappa shape index (κ3) is 6.99. The molecular weight excluding hydrogens is 392 g/mol. The highest BCUT2D eigenvalue weighted by molar-refractivity contribution is 6.74. The van der Waals surface area contributed by atoms with E-state index in [2.05, 4.69) is 44.2 Å². The highest BCUT2D eigenvalue weighted by atomic mass is 28.4. The highest BCUT2D eigenvalue weighted by Crippen LogP contribution is 2.37. The topological polar surface area (TPSA) is 95.5 Å². The van der Waals surface area contributed by atoms with Crippen molar-refractivity contribution in [3.05, 3.63) is 0 Å². The van der Waals surface area contributed by atoms with Crippen LogP contribution in [-0.2, 0) is 23.4 Å². The van der Waals surface area contributed by atoms with E-state index in [-0.39, 0.29) is 10.9 Å². The van der Waals surface area contributed by atoms with E-state index < -0.39 is 50.3 Å². The molecule has 0 saturated carbocycles. The lowest BCUT2D eigenvalue weighted by molar-refractivity contribution is -0.143. The van der Waals surface area contributed by atoms with Gasteiger partial charge in [-0.25, -0.2) is 14.6 Å². The molecule has 0 saturated heterocycles. The van der Waals surface area contributed by atoms with Crippen molar-refractivity contribution in [2.75, 3.05) is 7.11 Å². The molecule has 0 aromatic rings. The Morgan fingerprint density at radius 1 is 1.17 bits per heavy atom. The average molecular weight is 431 g/mol. The zero-order valence-electron chi connectivity index (χ0n) is 19.7. The number of hydrogen-bond donors (Lipinski definition) is 1. The van der Waals surface area contributed by atoms with Crippen LogP contribution in [0.3, 0.4) is 0 Å². The second-order valence-electron chi connectivity index (χ2n) is 9.97. The highest BCUT2D eigenvalue weighted by Gasteiger charge is 2.44. The Morgan fingerprint density at radius 3 is 2.17 bits per heavy atom. The molecule has 0 spiro atoms. The van der Waals surface area contributed by atoms with Gasteiger partial charge in [0.25, 0.3) is 0 Å². The molecule has 1 rings (SSSR count). The molecule has 29 heavy (non-hydrogen) atoms. The molecule has 1 heterocycles. The van der Waals surface area contributed by atoms with Crippen molar-refractivity contribution in [1.29, 1.82) is 0 Å². The number of nitrogens with one attached hydrogen (secondary N) is 1. The zero-order chi connectivity index (χ0) is 22.8. The first-order valence-corrected chi connectivity index (χ1v) is 12.9. The molecule has 1 aliphatic rings. The molecule has 4 atom stereocenters. The van der Waals surface area contributed by atoms with Crippen LogP contribution in [-0.4, -0.2) is 63.3 Å². The lowest BCUT2D eigenvalue weighted by atomic mass is 10.2. The van der Waals surface area contributed by atoms with Crippen LogP contribution in [0.15, 0.2) is 4.99 Å². The lowest BCUT2D eigenvalue weighted by Crippen LogP contribution is -2.54. The maximum atomic E-state index is 12.5. The van der Waals surface area contributed by atoms with Crippen LogP contribution in [0.25, 0.3) is 0 Å². The van der Waals surface area contributed by atoms with Crippen LogP contribution in [0, 0.1) is 0 Å². The van der Waals surface area contributed by atoms with Crippen molar-refractivity contribution < 1.29 is 28.2 Å². The number of aliphatic imine (C=N–C) groups is 1. The third-order valence-electron chi connectivity index (χ3n) is 5.15. The number of amides is 1. The Kier molecular flexibility index (Phi) is 7.92. The van der Waals surface area contributed by atoms with Gasteiger partial charge in [-0.05, 0) is 52.8 Å². The van der Waals surface area contributed by atoms with Gasteiger partial charge in [0, 0.05) is 0 Å². The third-order valence-corrected chi connectivity index (χ3v) is 9.73. The molecule has 1 N–H and O–H groups in total. The summed E-state index contributed by atoms with van der Waals surface area (Å²) in [6, 6.07) is -1.48. The van der Waals surface area contributed by atoms with E-state index in [9.17, 15) is 9.59 Å². The normalized spacial score (nSPS) is 22.2. The van der Waals surface area contributed by atoms with Crippen LogP contribution in [0.5, 0.6) is 0 Å². The molecule has 168 valence electrons. The molecule has 0 bridgehead atoms. The standard InChI is InChI=1S/C20H38N2O6Si/c1-12-15(17(23)25-9)21-16(26-12)14(22-18(24)27-19(3,4)5)13(2)28-29(10,11)20(6,7)8/h12-15H,1-11H3,(H,22,24)/t12-,13+,14-,15-/m0/s1. The number of carbonyl (C=O) groups is 2. The Bertz CT molecular complexity index is 636. The van der Waals surface area contributed by atoms with Gasteiger partial charge in [0.2, 0.25) is 5.90 Å². The first-order chi connectivity index (χ1) is 13.0. The van der Waals surface area contributed by atoms with E-state index in [1.54, 1.807) is 27.7 Å². The first kappa shape index (κ1) is 25.4. The number of esters is 1. The fraction of sp³-hybridized carbons (Fsp3) is 0.850. The number of nitrogens with zero attached hydrogens (tertiary/aromatic N) is 1. The Balaban J connectivity index is 3.16. The van der Waals surface area contributed by atoms with E-state index >= 15 is 0 Å². The molecule has 0 unspecified atom stereocenters. The Labute approximate surface area is 175 Å². The number of alkyl carbamates (subject to hydrolysis) is 1. The van der Waals surface area contributed by atoms with Crippen molar-refractivity contribution in [2.45, 2.75) is 103 Å². The minimum Gasteiger partial charge on any atom is -0.473 e. The monoisotopic (exact) mass is 430 g/mol. The van der Waals surface area contributed by atoms with Gasteiger partial charge in [0.1, 0.15) is 17.7 Å². The largest absolute Gasteiger partial charge is 0.473 e. The van der Waals surface area contributed by atoms with Gasteiger partial charge in [-0.3, -0.25) is 0 Å². The fourth-order valence-electron chi connectivity index (χ4n) is 2.57. The second-order valence-corrected chi connectivity index (χ2v) is 14.7.